The van der Waals surface area contributed by atoms with Crippen LogP contribution in [0, 0.1) is 17.2 Å². The van der Waals surface area contributed by atoms with Crippen molar-refractivity contribution in [2.24, 2.45) is 20.0 Å². The van der Waals surface area contributed by atoms with E-state index < -0.39 is 0 Å². The first-order valence-electron chi connectivity index (χ1n) is 17.7. The smallest absolute Gasteiger partial charge is 0.291 e. The second-order valence-electron chi connectivity index (χ2n) is 13.8. The summed E-state index contributed by atoms with van der Waals surface area (Å²) in [5.41, 5.74) is 6.15. The average Bonchev–Trinajstić information content (AvgIpc) is 3.64. The number of hydrogen-bond acceptors (Lipinski definition) is 7. The molecule has 2 aliphatic heterocycles. The number of hydrogen-bond donors (Lipinski definition) is 2. The Morgan fingerprint density at radius 3 is 2.02 bits per heavy atom. The predicted molar refractivity (Wildman–Crippen MR) is 194 cm³/mol. The van der Waals surface area contributed by atoms with Crippen LogP contribution in [0.2, 0.25) is 5.02 Å². The Labute approximate surface area is 298 Å². The minimum absolute atomic E-state index is 0.265. The zero-order valence-corrected chi connectivity index (χ0v) is 29.8. The predicted octanol–water partition coefficient (Wildman–Crippen LogP) is 6.17. The van der Waals surface area contributed by atoms with Gasteiger partial charge in [-0.1, -0.05) is 62.1 Å². The summed E-state index contributed by atoms with van der Waals surface area (Å²) < 4.78 is 3.75. The quantitative estimate of drug-likeness (QED) is 0.226. The van der Waals surface area contributed by atoms with Crippen LogP contribution in [0.25, 0.3) is 11.1 Å². The maximum atomic E-state index is 13.7. The molecule has 1 fully saturated rings. The maximum Gasteiger partial charge on any atom is 0.291 e. The van der Waals surface area contributed by atoms with E-state index in [9.17, 15) is 14.9 Å². The van der Waals surface area contributed by atoms with E-state index in [0.29, 0.717) is 40.7 Å². The normalized spacial score (nSPS) is 16.8. The van der Waals surface area contributed by atoms with Gasteiger partial charge >= 0.3 is 0 Å². The van der Waals surface area contributed by atoms with Gasteiger partial charge in [-0.15, -0.1) is 0 Å². The Morgan fingerprint density at radius 2 is 1.40 bits per heavy atom. The van der Waals surface area contributed by atoms with Crippen LogP contribution >= 0.6 is 11.6 Å². The number of nitriles is 1. The van der Waals surface area contributed by atoms with Gasteiger partial charge < -0.3 is 19.8 Å². The number of carbonyl (C=O) groups excluding carboxylic acids is 2. The van der Waals surface area contributed by atoms with Crippen molar-refractivity contribution in [2.75, 3.05) is 36.8 Å². The first kappa shape index (κ1) is 34.0. The highest BCUT2D eigenvalue weighted by Crippen LogP contribution is 2.38. The molecule has 11 nitrogen and oxygen atoms in total. The third-order valence-corrected chi connectivity index (χ3v) is 11.1. The molecule has 260 valence electrons. The molecular weight excluding hydrogens is 650 g/mol. The number of imidazole rings is 2. The molecule has 50 heavy (non-hydrogen) atoms. The summed E-state index contributed by atoms with van der Waals surface area (Å²) in [6.07, 6.45) is 8.28. The van der Waals surface area contributed by atoms with Crippen molar-refractivity contribution in [3.63, 3.8) is 0 Å². The van der Waals surface area contributed by atoms with Crippen molar-refractivity contribution in [3.05, 3.63) is 81.4 Å². The van der Waals surface area contributed by atoms with E-state index in [1.54, 1.807) is 36.4 Å². The zero-order valence-electron chi connectivity index (χ0n) is 29.1. The van der Waals surface area contributed by atoms with Crippen molar-refractivity contribution in [1.29, 1.82) is 5.26 Å². The fraction of sp³-hybridized carbons (Fsp3) is 0.447. The van der Waals surface area contributed by atoms with E-state index >= 15 is 0 Å². The third-order valence-electron chi connectivity index (χ3n) is 10.7. The first-order chi connectivity index (χ1) is 24.2. The number of aromatic nitrogens is 4. The van der Waals surface area contributed by atoms with Gasteiger partial charge in [0.05, 0.1) is 33.3 Å². The number of anilines is 2. The van der Waals surface area contributed by atoms with E-state index in [1.165, 1.54) is 32.1 Å². The molecule has 0 unspecified atom stereocenters. The molecule has 3 aliphatic rings. The number of halogens is 1. The number of amides is 2. The molecule has 2 aromatic carbocycles. The summed E-state index contributed by atoms with van der Waals surface area (Å²) in [6.45, 7) is 7.50. The fourth-order valence-electron chi connectivity index (χ4n) is 7.93. The largest absolute Gasteiger partial charge is 0.327 e. The van der Waals surface area contributed by atoms with Crippen molar-refractivity contribution < 1.29 is 9.59 Å². The van der Waals surface area contributed by atoms with E-state index in [2.05, 4.69) is 38.4 Å². The lowest BCUT2D eigenvalue weighted by Crippen LogP contribution is -2.35. The van der Waals surface area contributed by atoms with Crippen molar-refractivity contribution in [3.8, 4) is 17.2 Å². The highest BCUT2D eigenvalue weighted by atomic mass is 35.5. The van der Waals surface area contributed by atoms with Gasteiger partial charge in [0.2, 0.25) is 0 Å². The summed E-state index contributed by atoms with van der Waals surface area (Å²) in [4.78, 5) is 41.4. The zero-order chi connectivity index (χ0) is 34.9. The number of likely N-dealkylation sites (N-methyl/N-ethyl adjacent to an activating group) is 1. The minimum Gasteiger partial charge on any atom is -0.327 e. The van der Waals surface area contributed by atoms with Gasteiger partial charge in [0, 0.05) is 82.2 Å². The van der Waals surface area contributed by atoms with Gasteiger partial charge in [0.15, 0.2) is 11.6 Å². The molecule has 4 heterocycles. The Balaban J connectivity index is 1.09. The Morgan fingerprint density at radius 1 is 0.840 bits per heavy atom. The lowest BCUT2D eigenvalue weighted by Gasteiger charge is -2.32. The summed E-state index contributed by atoms with van der Waals surface area (Å²) in [5, 5.41) is 16.5. The molecule has 0 bridgehead atoms. The van der Waals surface area contributed by atoms with Gasteiger partial charge in [-0.25, -0.2) is 9.97 Å². The second kappa shape index (κ2) is 14.4. The summed E-state index contributed by atoms with van der Waals surface area (Å²) in [6, 6.07) is 12.8. The monoisotopic (exact) mass is 693 g/mol. The van der Waals surface area contributed by atoms with E-state index in [1.807, 2.05) is 23.2 Å². The second-order valence-corrected chi connectivity index (χ2v) is 14.2. The Bertz CT molecular complexity index is 1980. The minimum atomic E-state index is -0.374. The summed E-state index contributed by atoms with van der Waals surface area (Å²) in [5.74, 6) is 0.661. The highest BCUT2D eigenvalue weighted by molar-refractivity contribution is 6.36. The van der Waals surface area contributed by atoms with Crippen molar-refractivity contribution >= 4 is 34.8 Å². The number of rotatable bonds is 8. The molecule has 1 aliphatic carbocycles. The molecule has 0 radical (unpaired) electrons. The van der Waals surface area contributed by atoms with Crippen LogP contribution in [0.1, 0.15) is 88.6 Å². The molecular formula is C38H44ClN9O2. The molecule has 2 N–H and O–H groups in total. The Hall–Kier alpha value is -4.50. The van der Waals surface area contributed by atoms with Crippen molar-refractivity contribution in [2.45, 2.75) is 65.0 Å². The molecule has 2 amide bonds. The fourth-order valence-corrected chi connectivity index (χ4v) is 8.20. The van der Waals surface area contributed by atoms with Crippen LogP contribution < -0.4 is 10.6 Å². The van der Waals surface area contributed by atoms with Gasteiger partial charge in [-0.2, -0.15) is 5.26 Å². The first-order valence-corrected chi connectivity index (χ1v) is 18.1. The van der Waals surface area contributed by atoms with E-state index in [4.69, 9.17) is 16.6 Å². The lowest BCUT2D eigenvalue weighted by atomic mass is 9.88. The standard InChI is InChI=1S/C38H44ClN9O2/c1-4-47-18-16-32-30(22-47)41-36(45(32)2)38(50)44-29-15-9-13-26(34(29)39)25-12-8-14-28(27(25)20-40)43-37(49)35-42-31-23-48(19-17-33(31)46(35)3)21-24-10-6-5-7-11-24/h8-9,12-15,24H,4-7,10-11,16-19,21-23H2,1-3H3,(H,43,49)(H,44,50). The summed E-state index contributed by atoms with van der Waals surface area (Å²) in [7, 11) is 3.76. The molecule has 0 spiro atoms. The summed E-state index contributed by atoms with van der Waals surface area (Å²) >= 11 is 6.93. The maximum absolute atomic E-state index is 13.7. The topological polar surface area (TPSA) is 124 Å². The van der Waals surface area contributed by atoms with Crippen molar-refractivity contribution in [1.82, 2.24) is 28.9 Å². The number of nitrogens with zero attached hydrogens (tertiary/aromatic N) is 7. The molecule has 4 aromatic rings. The average molecular weight is 694 g/mol. The number of fused-ring (bicyclic) bond motifs is 2. The van der Waals surface area contributed by atoms with Crippen LogP contribution in [0.4, 0.5) is 11.4 Å². The molecule has 2 aromatic heterocycles. The van der Waals surface area contributed by atoms with Crippen LogP contribution in [0.5, 0.6) is 0 Å². The van der Waals surface area contributed by atoms with E-state index in [-0.39, 0.29) is 22.4 Å². The number of nitrogens with one attached hydrogen (secondary N) is 2. The van der Waals surface area contributed by atoms with Gasteiger partial charge in [0.25, 0.3) is 11.8 Å². The van der Waals surface area contributed by atoms with Crippen LogP contribution in [0.3, 0.4) is 0 Å². The van der Waals surface area contributed by atoms with Gasteiger partial charge in [-0.05, 0) is 37.4 Å². The third kappa shape index (κ3) is 6.55. The van der Waals surface area contributed by atoms with Gasteiger partial charge in [0.1, 0.15) is 6.07 Å². The SMILES string of the molecule is CCN1CCc2c(nc(C(=O)Nc3cccc(-c4cccc(NC(=O)c5nc6c(n5C)CCN(CC5CCCCC5)C6)c4C#N)c3Cl)n2C)C1. The molecule has 12 heteroatoms. The Kier molecular flexibility index (Phi) is 9.78. The number of carbonyl (C=O) groups is 2. The molecule has 1 saturated carbocycles. The molecule has 7 rings (SSSR count). The van der Waals surface area contributed by atoms with Crippen LogP contribution in [-0.4, -0.2) is 66.9 Å². The van der Waals surface area contributed by atoms with Gasteiger partial charge in [-0.3, -0.25) is 19.4 Å². The highest BCUT2D eigenvalue weighted by Gasteiger charge is 2.29. The van der Waals surface area contributed by atoms with E-state index in [0.717, 1.165) is 74.3 Å². The lowest BCUT2D eigenvalue weighted by molar-refractivity contribution is 0.100. The number of benzene rings is 2. The molecule has 0 saturated heterocycles. The van der Waals surface area contributed by atoms with Crippen LogP contribution in [0.15, 0.2) is 36.4 Å². The van der Waals surface area contributed by atoms with Crippen LogP contribution in [-0.2, 0) is 40.0 Å². The molecule has 0 atom stereocenters.